The Kier molecular flexibility index (Phi) is 3.80. The van der Waals surface area contributed by atoms with E-state index in [-0.39, 0.29) is 4.68 Å². The first kappa shape index (κ1) is 17.6. The van der Waals surface area contributed by atoms with Gasteiger partial charge in [-0.3, -0.25) is 4.68 Å². The van der Waals surface area contributed by atoms with Crippen LogP contribution in [-0.4, -0.2) is 24.4 Å². The van der Waals surface area contributed by atoms with Crippen LogP contribution in [0.15, 0.2) is 5.03 Å². The summed E-state index contributed by atoms with van der Waals surface area (Å²) in [6, 6.07) is 0. The van der Waals surface area contributed by atoms with Crippen molar-refractivity contribution in [2.45, 2.75) is 23.3 Å². The number of aromatic nitrogens is 2. The zero-order chi connectivity index (χ0) is 17.0. The molecule has 0 saturated carbocycles. The summed E-state index contributed by atoms with van der Waals surface area (Å²) in [5, 5.41) is 4.76. The number of aryl methyl sites for hydroxylation is 1. The van der Waals surface area contributed by atoms with Crippen LogP contribution >= 0.6 is 0 Å². The number of sulfonamides is 1. The van der Waals surface area contributed by atoms with Crippen LogP contribution in [0, 0.1) is 0 Å². The summed E-state index contributed by atoms with van der Waals surface area (Å²) in [6.07, 6.45) is -12.3. The summed E-state index contributed by atoms with van der Waals surface area (Å²) in [5.41, 5.74) is -5.54. The molecule has 0 spiro atoms. The van der Waals surface area contributed by atoms with Gasteiger partial charge in [0.25, 0.3) is 10.0 Å². The summed E-state index contributed by atoms with van der Waals surface area (Å²) in [7, 11) is -4.82. The fourth-order valence-electron chi connectivity index (χ4n) is 1.44. The molecule has 0 atom stereocenters. The Morgan fingerprint density at radius 3 is 1.76 bits per heavy atom. The second-order valence-corrected chi connectivity index (χ2v) is 5.24. The lowest BCUT2D eigenvalue weighted by molar-refractivity contribution is -0.292. The van der Waals surface area contributed by atoms with E-state index in [2.05, 4.69) is 10.2 Å². The van der Waals surface area contributed by atoms with Crippen LogP contribution in [0.5, 0.6) is 0 Å². The van der Waals surface area contributed by atoms with E-state index >= 15 is 0 Å². The third-order valence-corrected chi connectivity index (χ3v) is 3.21. The van der Waals surface area contributed by atoms with Gasteiger partial charge in [0.2, 0.25) is 0 Å². The molecular weight excluding hydrogens is 342 g/mol. The highest BCUT2D eigenvalue weighted by Crippen LogP contribution is 2.49. The highest BCUT2D eigenvalue weighted by molar-refractivity contribution is 7.89. The van der Waals surface area contributed by atoms with Crippen molar-refractivity contribution in [3.05, 3.63) is 11.3 Å². The lowest BCUT2D eigenvalue weighted by Crippen LogP contribution is -2.36. The maximum absolute atomic E-state index is 13.1. The van der Waals surface area contributed by atoms with E-state index in [1.807, 2.05) is 0 Å². The first-order valence-corrected chi connectivity index (χ1v) is 6.18. The van der Waals surface area contributed by atoms with Gasteiger partial charge in [-0.25, -0.2) is 13.6 Å². The van der Waals surface area contributed by atoms with E-state index in [0.29, 0.717) is 7.05 Å². The smallest absolute Gasteiger partial charge is 0.255 e. The van der Waals surface area contributed by atoms with Crippen molar-refractivity contribution in [1.82, 2.24) is 9.78 Å². The maximum Gasteiger partial charge on any atom is 0.459 e. The van der Waals surface area contributed by atoms with Gasteiger partial charge in [0.05, 0.1) is 0 Å². The normalized spacial score (nSPS) is 14.6. The van der Waals surface area contributed by atoms with Crippen LogP contribution in [0.2, 0.25) is 0 Å². The van der Waals surface area contributed by atoms with Gasteiger partial charge in [0.15, 0.2) is 10.7 Å². The third-order valence-electron chi connectivity index (χ3n) is 2.20. The van der Waals surface area contributed by atoms with Gasteiger partial charge in [-0.1, -0.05) is 0 Å². The number of rotatable bonds is 2. The average Bonchev–Trinajstić information content (AvgIpc) is 2.53. The highest BCUT2D eigenvalue weighted by Gasteiger charge is 2.64. The fraction of sp³-hybridized carbons (Fsp3) is 0.571. The minimum Gasteiger partial charge on any atom is -0.255 e. The van der Waals surface area contributed by atoms with Crippen LogP contribution in [0.4, 0.5) is 35.1 Å². The van der Waals surface area contributed by atoms with Gasteiger partial charge in [-0.2, -0.15) is 40.2 Å². The number of hydrogen-bond donors (Lipinski definition) is 1. The average molecular weight is 347 g/mol. The SMILES string of the molecule is Cn1nc(C(F)(F)C(F)(F)F)c(C(F)(F)F)c1S(N)(=O)=O. The van der Waals surface area contributed by atoms with Crippen LogP contribution in [0.3, 0.4) is 0 Å². The topological polar surface area (TPSA) is 78.0 Å². The Bertz CT molecular complexity index is 657. The van der Waals surface area contributed by atoms with E-state index < -0.39 is 44.6 Å². The Labute approximate surface area is 111 Å². The molecule has 0 aliphatic rings. The molecule has 1 aromatic rings. The molecule has 0 aliphatic carbocycles. The van der Waals surface area contributed by atoms with Crippen molar-refractivity contribution in [3.63, 3.8) is 0 Å². The predicted molar refractivity (Wildman–Crippen MR) is 49.5 cm³/mol. The van der Waals surface area contributed by atoms with Crippen molar-refractivity contribution in [2.24, 2.45) is 12.2 Å². The quantitative estimate of drug-likeness (QED) is 0.828. The van der Waals surface area contributed by atoms with Gasteiger partial charge in [0, 0.05) is 7.05 Å². The molecular formula is C7H5F8N3O2S. The minimum atomic E-state index is -6.41. The third kappa shape index (κ3) is 2.95. The predicted octanol–water partition coefficient (Wildman–Crippen LogP) is 1.74. The van der Waals surface area contributed by atoms with Crippen molar-refractivity contribution in [3.8, 4) is 0 Å². The molecule has 0 aromatic carbocycles. The van der Waals surface area contributed by atoms with Crippen LogP contribution in [-0.2, 0) is 29.2 Å². The Hall–Kier alpha value is -1.44. The minimum absolute atomic E-state index is 0.298. The van der Waals surface area contributed by atoms with Crippen molar-refractivity contribution >= 4 is 10.0 Å². The van der Waals surface area contributed by atoms with Gasteiger partial charge >= 0.3 is 18.3 Å². The summed E-state index contributed by atoms with van der Waals surface area (Å²) >= 11 is 0. The Balaban J connectivity index is 3.89. The molecule has 122 valence electrons. The van der Waals surface area contributed by atoms with E-state index in [9.17, 15) is 43.5 Å². The number of hydrogen-bond acceptors (Lipinski definition) is 3. The van der Waals surface area contributed by atoms with Gasteiger partial charge < -0.3 is 0 Å². The molecule has 0 radical (unpaired) electrons. The molecule has 0 amide bonds. The zero-order valence-electron chi connectivity index (χ0n) is 9.72. The molecule has 0 bridgehead atoms. The number of nitrogens with zero attached hydrogens (tertiary/aromatic N) is 2. The second-order valence-electron chi connectivity index (χ2n) is 3.77. The standard InChI is InChI=1S/C7H5F8N3O2S/c1-18-4(21(16,19)20)2(6(10,11)12)3(17-18)5(8,9)7(13,14)15/h1H3,(H2,16,19,20). The number of halogens is 8. The molecule has 0 aliphatic heterocycles. The lowest BCUT2D eigenvalue weighted by Gasteiger charge is -2.19. The molecule has 2 N–H and O–H groups in total. The van der Waals surface area contributed by atoms with Gasteiger partial charge in [0.1, 0.15) is 5.56 Å². The van der Waals surface area contributed by atoms with E-state index in [0.717, 1.165) is 0 Å². The number of nitrogens with two attached hydrogens (primary N) is 1. The molecule has 21 heavy (non-hydrogen) atoms. The zero-order valence-corrected chi connectivity index (χ0v) is 10.5. The number of primary sulfonamides is 1. The molecule has 0 fully saturated rings. The van der Waals surface area contributed by atoms with E-state index in [1.165, 1.54) is 0 Å². The first-order chi connectivity index (χ1) is 9.01. The second kappa shape index (κ2) is 4.53. The van der Waals surface area contributed by atoms with Crippen molar-refractivity contribution < 1.29 is 43.5 Å². The molecule has 0 unspecified atom stereocenters. The monoisotopic (exact) mass is 347 g/mol. The van der Waals surface area contributed by atoms with Gasteiger partial charge in [-0.15, -0.1) is 0 Å². The molecule has 14 heteroatoms. The van der Waals surface area contributed by atoms with Crippen LogP contribution in [0.1, 0.15) is 11.3 Å². The molecule has 1 heterocycles. The molecule has 0 saturated heterocycles. The summed E-state index contributed by atoms with van der Waals surface area (Å²) in [6.45, 7) is 0. The van der Waals surface area contributed by atoms with Crippen LogP contribution in [0.25, 0.3) is 0 Å². The van der Waals surface area contributed by atoms with Crippen molar-refractivity contribution in [1.29, 1.82) is 0 Å². The van der Waals surface area contributed by atoms with Crippen LogP contribution < -0.4 is 5.14 Å². The summed E-state index contributed by atoms with van der Waals surface area (Å²) < 4.78 is 123. The number of alkyl halides is 8. The van der Waals surface area contributed by atoms with Crippen molar-refractivity contribution in [2.75, 3.05) is 0 Å². The lowest BCUT2D eigenvalue weighted by atomic mass is 10.1. The molecule has 1 aromatic heterocycles. The summed E-state index contributed by atoms with van der Waals surface area (Å²) in [5.74, 6) is -6.02. The Morgan fingerprint density at radius 1 is 1.05 bits per heavy atom. The largest absolute Gasteiger partial charge is 0.459 e. The summed E-state index contributed by atoms with van der Waals surface area (Å²) in [4.78, 5) is 0. The molecule has 5 nitrogen and oxygen atoms in total. The Morgan fingerprint density at radius 2 is 1.48 bits per heavy atom. The van der Waals surface area contributed by atoms with E-state index in [1.54, 1.807) is 0 Å². The van der Waals surface area contributed by atoms with Gasteiger partial charge in [-0.05, 0) is 0 Å². The molecule has 1 rings (SSSR count). The van der Waals surface area contributed by atoms with E-state index in [4.69, 9.17) is 0 Å². The fourth-order valence-corrected chi connectivity index (χ4v) is 2.35. The first-order valence-electron chi connectivity index (χ1n) is 4.63. The maximum atomic E-state index is 13.1. The highest BCUT2D eigenvalue weighted by atomic mass is 32.2.